The van der Waals surface area contributed by atoms with E-state index >= 15 is 0 Å². The number of hydrogen-bond acceptors (Lipinski definition) is 5. The molecule has 1 heterocycles. The molecule has 0 spiro atoms. The molecule has 0 amide bonds. The van der Waals surface area contributed by atoms with E-state index in [-0.39, 0.29) is 12.4 Å². The lowest BCUT2D eigenvalue weighted by Crippen LogP contribution is -2.06. The van der Waals surface area contributed by atoms with Crippen LogP contribution in [0.2, 0.25) is 0 Å². The monoisotopic (exact) mass is 286 g/mol. The van der Waals surface area contributed by atoms with Crippen molar-refractivity contribution in [2.75, 3.05) is 19.8 Å². The van der Waals surface area contributed by atoms with Crippen molar-refractivity contribution in [1.82, 2.24) is 0 Å². The third-order valence-corrected chi connectivity index (χ3v) is 2.82. The average Bonchev–Trinajstić information content (AvgIpc) is 2.64. The second-order valence-corrected chi connectivity index (χ2v) is 4.15. The van der Waals surface area contributed by atoms with Crippen LogP contribution in [0.1, 0.15) is 24.8 Å². The van der Waals surface area contributed by atoms with Crippen molar-refractivity contribution >= 4 is 18.1 Å². The fraction of sp³-hybridized carbons (Fsp3) is 0.462. The predicted octanol–water partition coefficient (Wildman–Crippen LogP) is 2.19. The first-order valence-corrected chi connectivity index (χ1v) is 6.16. The van der Waals surface area contributed by atoms with Crippen LogP contribution in [0.3, 0.4) is 0 Å². The van der Waals surface area contributed by atoms with Crippen LogP contribution in [0.5, 0.6) is 11.5 Å². The van der Waals surface area contributed by atoms with Crippen molar-refractivity contribution in [2.24, 2.45) is 10.9 Å². The van der Waals surface area contributed by atoms with Gasteiger partial charge in [0.2, 0.25) is 0 Å². The molecule has 1 aromatic carbocycles. The topological polar surface area (TPSA) is 77.1 Å². The number of halogens is 1. The molecular formula is C13H19ClN2O3. The highest BCUT2D eigenvalue weighted by atomic mass is 35.5. The van der Waals surface area contributed by atoms with Crippen LogP contribution in [0.15, 0.2) is 23.4 Å². The van der Waals surface area contributed by atoms with Crippen molar-refractivity contribution in [2.45, 2.75) is 19.3 Å². The van der Waals surface area contributed by atoms with Gasteiger partial charge in [-0.3, -0.25) is 0 Å². The molecule has 0 aromatic heterocycles. The van der Waals surface area contributed by atoms with E-state index in [0.29, 0.717) is 37.6 Å². The van der Waals surface area contributed by atoms with Gasteiger partial charge in [0, 0.05) is 12.0 Å². The van der Waals surface area contributed by atoms with Gasteiger partial charge in [-0.1, -0.05) is 5.16 Å². The first-order valence-electron chi connectivity index (χ1n) is 6.16. The van der Waals surface area contributed by atoms with Gasteiger partial charge in [0.05, 0.1) is 18.9 Å². The Hall–Kier alpha value is -1.46. The maximum Gasteiger partial charge on any atom is 0.161 e. The number of fused-ring (bicyclic) bond motifs is 1. The largest absolute Gasteiger partial charge is 0.490 e. The van der Waals surface area contributed by atoms with E-state index in [1.165, 1.54) is 0 Å². The lowest BCUT2D eigenvalue weighted by Gasteiger charge is -2.10. The summed E-state index contributed by atoms with van der Waals surface area (Å²) < 4.78 is 11.2. The van der Waals surface area contributed by atoms with Crippen molar-refractivity contribution < 1.29 is 14.7 Å². The molecule has 2 rings (SSSR count). The first-order chi connectivity index (χ1) is 8.85. The quantitative estimate of drug-likeness (QED) is 0.505. The maximum absolute atomic E-state index is 9.04. The van der Waals surface area contributed by atoms with Crippen LogP contribution in [0, 0.1) is 0 Å². The van der Waals surface area contributed by atoms with Crippen LogP contribution in [0.25, 0.3) is 0 Å². The molecule has 0 atom stereocenters. The van der Waals surface area contributed by atoms with Crippen molar-refractivity contribution in [3.05, 3.63) is 23.8 Å². The van der Waals surface area contributed by atoms with Crippen LogP contribution >= 0.6 is 12.4 Å². The molecule has 6 heteroatoms. The fourth-order valence-corrected chi connectivity index (χ4v) is 1.86. The van der Waals surface area contributed by atoms with Gasteiger partial charge in [0.25, 0.3) is 0 Å². The molecule has 0 aliphatic carbocycles. The lowest BCUT2D eigenvalue weighted by atomic mass is 10.1. The highest BCUT2D eigenvalue weighted by molar-refractivity contribution is 6.00. The van der Waals surface area contributed by atoms with Gasteiger partial charge in [-0.25, -0.2) is 0 Å². The molecule has 0 bridgehead atoms. The summed E-state index contributed by atoms with van der Waals surface area (Å²) in [6.07, 6.45) is 2.30. The van der Waals surface area contributed by atoms with E-state index in [2.05, 4.69) is 5.16 Å². The summed E-state index contributed by atoms with van der Waals surface area (Å²) in [4.78, 5) is 0. The third kappa shape index (κ3) is 4.01. The molecule has 106 valence electrons. The summed E-state index contributed by atoms with van der Waals surface area (Å²) in [6, 6.07) is 5.58. The SMILES string of the molecule is Cl.NCCCC(=NO)c1ccc2c(c1)OCCCO2. The van der Waals surface area contributed by atoms with Crippen molar-refractivity contribution in [3.8, 4) is 11.5 Å². The number of nitrogens with two attached hydrogens (primary N) is 1. The van der Waals surface area contributed by atoms with Crippen LogP contribution in [0.4, 0.5) is 0 Å². The number of rotatable bonds is 4. The van der Waals surface area contributed by atoms with Crippen molar-refractivity contribution in [3.63, 3.8) is 0 Å². The summed E-state index contributed by atoms with van der Waals surface area (Å²) in [5, 5.41) is 12.4. The molecule has 0 saturated heterocycles. The summed E-state index contributed by atoms with van der Waals surface area (Å²) in [5.41, 5.74) is 6.92. The standard InChI is InChI=1S/C13H18N2O3.ClH/c14-6-1-3-11(15-16)10-4-5-12-13(9-10)18-8-2-7-17-12;/h4-5,9,16H,1-3,6-8,14H2;1H. The summed E-state index contributed by atoms with van der Waals surface area (Å²) in [5.74, 6) is 1.45. The molecule has 1 aliphatic rings. The number of benzene rings is 1. The third-order valence-electron chi connectivity index (χ3n) is 2.82. The molecular weight excluding hydrogens is 268 g/mol. The number of hydrogen-bond donors (Lipinski definition) is 2. The minimum absolute atomic E-state index is 0. The second-order valence-electron chi connectivity index (χ2n) is 4.15. The first kappa shape index (κ1) is 15.6. The van der Waals surface area contributed by atoms with Gasteiger partial charge in [0.1, 0.15) is 0 Å². The van der Waals surface area contributed by atoms with E-state index in [1.807, 2.05) is 18.2 Å². The van der Waals surface area contributed by atoms with E-state index < -0.39 is 0 Å². The van der Waals surface area contributed by atoms with Gasteiger partial charge in [-0.15, -0.1) is 12.4 Å². The normalized spacial score (nSPS) is 14.5. The summed E-state index contributed by atoms with van der Waals surface area (Å²) >= 11 is 0. The van der Waals surface area contributed by atoms with Crippen LogP contribution < -0.4 is 15.2 Å². The molecule has 0 radical (unpaired) electrons. The zero-order valence-electron chi connectivity index (χ0n) is 10.7. The smallest absolute Gasteiger partial charge is 0.161 e. The Morgan fingerprint density at radius 2 is 2.00 bits per heavy atom. The average molecular weight is 287 g/mol. The van der Waals surface area contributed by atoms with Gasteiger partial charge < -0.3 is 20.4 Å². The predicted molar refractivity (Wildman–Crippen MR) is 75.9 cm³/mol. The van der Waals surface area contributed by atoms with Gasteiger partial charge in [-0.2, -0.15) is 0 Å². The number of ether oxygens (including phenoxy) is 2. The lowest BCUT2D eigenvalue weighted by molar-refractivity contribution is 0.297. The summed E-state index contributed by atoms with van der Waals surface area (Å²) in [7, 11) is 0. The Kier molecular flexibility index (Phi) is 6.45. The number of nitrogens with zero attached hydrogens (tertiary/aromatic N) is 1. The van der Waals surface area contributed by atoms with E-state index in [9.17, 15) is 0 Å². The van der Waals surface area contributed by atoms with Gasteiger partial charge in [0.15, 0.2) is 11.5 Å². The molecule has 1 aliphatic heterocycles. The summed E-state index contributed by atoms with van der Waals surface area (Å²) in [6.45, 7) is 1.88. The fourth-order valence-electron chi connectivity index (χ4n) is 1.86. The Morgan fingerprint density at radius 1 is 1.26 bits per heavy atom. The van der Waals surface area contributed by atoms with Gasteiger partial charge >= 0.3 is 0 Å². The maximum atomic E-state index is 9.04. The molecule has 0 unspecified atom stereocenters. The Morgan fingerprint density at radius 3 is 2.68 bits per heavy atom. The minimum atomic E-state index is 0. The highest BCUT2D eigenvalue weighted by Gasteiger charge is 2.13. The molecule has 0 fully saturated rings. The Balaban J connectivity index is 0.00000180. The van der Waals surface area contributed by atoms with E-state index in [0.717, 1.165) is 24.2 Å². The zero-order chi connectivity index (χ0) is 12.8. The molecule has 0 saturated carbocycles. The minimum Gasteiger partial charge on any atom is -0.490 e. The van der Waals surface area contributed by atoms with E-state index in [4.69, 9.17) is 20.4 Å². The van der Waals surface area contributed by atoms with Crippen molar-refractivity contribution in [1.29, 1.82) is 0 Å². The second kappa shape index (κ2) is 7.86. The van der Waals surface area contributed by atoms with Gasteiger partial charge in [-0.05, 0) is 37.6 Å². The van der Waals surface area contributed by atoms with E-state index in [1.54, 1.807) is 0 Å². The van der Waals surface area contributed by atoms with Crippen LogP contribution in [-0.4, -0.2) is 30.7 Å². The van der Waals surface area contributed by atoms with Crippen LogP contribution in [-0.2, 0) is 0 Å². The zero-order valence-corrected chi connectivity index (χ0v) is 11.5. The molecule has 19 heavy (non-hydrogen) atoms. The Labute approximate surface area is 118 Å². The molecule has 3 N–H and O–H groups in total. The number of oxime groups is 1. The highest BCUT2D eigenvalue weighted by Crippen LogP contribution is 2.30. The Bertz CT molecular complexity index is 438. The molecule has 1 aromatic rings. The molecule has 5 nitrogen and oxygen atoms in total.